The Labute approximate surface area is 124 Å². The number of carbonyl (C=O) groups excluding carboxylic acids is 2. The number of aliphatic hydroxyl groups is 1. The van der Waals surface area contributed by atoms with Gasteiger partial charge in [0, 0.05) is 26.4 Å². The van der Waals surface area contributed by atoms with E-state index in [4.69, 9.17) is 10.2 Å². The van der Waals surface area contributed by atoms with Gasteiger partial charge in [0.15, 0.2) is 0 Å². The molecule has 0 amide bonds. The Hall–Kier alpha value is -2.28. The van der Waals surface area contributed by atoms with Crippen molar-refractivity contribution in [1.82, 2.24) is 4.98 Å². The number of aromatic nitrogens is 1. The molecule has 120 valence electrons. The predicted octanol–water partition coefficient (Wildman–Crippen LogP) is 1.31. The Balaban J connectivity index is -0.000000219. The third-order valence-electron chi connectivity index (χ3n) is 1.31. The molecule has 1 aromatic heterocycles. The van der Waals surface area contributed by atoms with Crippen molar-refractivity contribution >= 4 is 17.7 Å². The van der Waals surface area contributed by atoms with E-state index in [9.17, 15) is 14.4 Å². The molecule has 0 aliphatic heterocycles. The Morgan fingerprint density at radius 3 is 1.57 bits per heavy atom. The number of hydrogen-bond acceptors (Lipinski definition) is 6. The number of carboxylic acid groups (broad SMARTS) is 1. The molecule has 0 saturated carbocycles. The zero-order valence-corrected chi connectivity index (χ0v) is 12.8. The number of Topliss-reactive ketones (excluding diaryl/α,β-unsaturated/α-hetero) is 1. The molecule has 0 bridgehead atoms. The van der Waals surface area contributed by atoms with Crippen molar-refractivity contribution in [2.24, 2.45) is 0 Å². The standard InChI is InChI=1S/C5H5N.C4H6O3.C4H8O2.CH4O/c1-2-4-6-5-3-1;1-3(5)2-4(6)7;1-3-6-4(2)5;1-2/h1-5H;2H2,1H3,(H,6,7);3H2,1-2H3;2H,1H3. The molecular formula is C14H23NO6. The Kier molecular flexibility index (Phi) is 22.7. The molecular weight excluding hydrogens is 278 g/mol. The molecule has 0 radical (unpaired) electrons. The summed E-state index contributed by atoms with van der Waals surface area (Å²) in [7, 11) is 1.00. The number of aliphatic hydroxyl groups excluding tert-OH is 1. The van der Waals surface area contributed by atoms with Gasteiger partial charge in [0.1, 0.15) is 12.2 Å². The highest BCUT2D eigenvalue weighted by Gasteiger charge is 1.98. The summed E-state index contributed by atoms with van der Waals surface area (Å²) in [6.07, 6.45) is 3.14. The lowest BCUT2D eigenvalue weighted by atomic mass is 10.3. The molecule has 1 aromatic rings. The smallest absolute Gasteiger partial charge is 0.310 e. The molecule has 0 aliphatic rings. The lowest BCUT2D eigenvalue weighted by Crippen LogP contribution is -2.00. The second-order valence-corrected chi connectivity index (χ2v) is 3.22. The number of carbonyl (C=O) groups is 3. The molecule has 0 spiro atoms. The highest BCUT2D eigenvalue weighted by Crippen LogP contribution is 1.77. The largest absolute Gasteiger partial charge is 0.481 e. The van der Waals surface area contributed by atoms with E-state index < -0.39 is 5.97 Å². The third-order valence-corrected chi connectivity index (χ3v) is 1.31. The maximum Gasteiger partial charge on any atom is 0.310 e. The molecule has 1 heterocycles. The first-order valence-electron chi connectivity index (χ1n) is 6.04. The maximum absolute atomic E-state index is 9.87. The number of hydrogen-bond donors (Lipinski definition) is 2. The maximum atomic E-state index is 9.87. The van der Waals surface area contributed by atoms with Crippen LogP contribution in [0.1, 0.15) is 27.2 Å². The van der Waals surface area contributed by atoms with Crippen LogP contribution in [0, 0.1) is 0 Å². The fourth-order valence-electron chi connectivity index (χ4n) is 0.729. The zero-order valence-electron chi connectivity index (χ0n) is 12.8. The molecule has 0 unspecified atom stereocenters. The number of ketones is 1. The van der Waals surface area contributed by atoms with E-state index in [2.05, 4.69) is 9.72 Å². The molecule has 1 rings (SSSR count). The van der Waals surface area contributed by atoms with Crippen molar-refractivity contribution in [2.75, 3.05) is 13.7 Å². The Morgan fingerprint density at radius 1 is 1.05 bits per heavy atom. The van der Waals surface area contributed by atoms with Gasteiger partial charge in [0.25, 0.3) is 0 Å². The summed E-state index contributed by atoms with van der Waals surface area (Å²) in [4.78, 5) is 33.1. The SMILES string of the molecule is CC(=O)CC(=O)O.CCOC(C)=O.CO.c1ccncc1. The minimum atomic E-state index is -1.06. The third kappa shape index (κ3) is 38.1. The zero-order chi connectivity index (χ0) is 17.1. The summed E-state index contributed by atoms with van der Waals surface area (Å²) in [5, 5.41) is 14.9. The number of ether oxygens (including phenoxy) is 1. The van der Waals surface area contributed by atoms with Crippen molar-refractivity contribution in [3.8, 4) is 0 Å². The first-order chi connectivity index (χ1) is 9.90. The van der Waals surface area contributed by atoms with Crippen LogP contribution in [0.3, 0.4) is 0 Å². The molecule has 0 fully saturated rings. The van der Waals surface area contributed by atoms with Gasteiger partial charge in [-0.1, -0.05) is 6.07 Å². The molecule has 2 N–H and O–H groups in total. The van der Waals surface area contributed by atoms with Gasteiger partial charge in [0.2, 0.25) is 0 Å². The van der Waals surface area contributed by atoms with Crippen molar-refractivity contribution in [3.63, 3.8) is 0 Å². The van der Waals surface area contributed by atoms with E-state index in [1.165, 1.54) is 13.8 Å². The van der Waals surface area contributed by atoms with Gasteiger partial charge in [0.05, 0.1) is 6.61 Å². The van der Waals surface area contributed by atoms with Gasteiger partial charge < -0.3 is 14.9 Å². The minimum Gasteiger partial charge on any atom is -0.481 e. The average molecular weight is 301 g/mol. The normalized spacial score (nSPS) is 7.48. The molecule has 0 saturated heterocycles. The summed E-state index contributed by atoms with van der Waals surface area (Å²) in [6.45, 7) is 4.90. The van der Waals surface area contributed by atoms with Crippen LogP contribution in [0.15, 0.2) is 30.6 Å². The van der Waals surface area contributed by atoms with Crippen LogP contribution in [0.2, 0.25) is 0 Å². The minimum absolute atomic E-state index is 0.211. The van der Waals surface area contributed by atoms with Crippen molar-refractivity contribution in [1.29, 1.82) is 0 Å². The highest BCUT2D eigenvalue weighted by atomic mass is 16.5. The van der Waals surface area contributed by atoms with Gasteiger partial charge in [-0.3, -0.25) is 19.4 Å². The van der Waals surface area contributed by atoms with Crippen molar-refractivity contribution in [2.45, 2.75) is 27.2 Å². The second-order valence-electron chi connectivity index (χ2n) is 3.22. The average Bonchev–Trinajstić information content (AvgIpc) is 2.42. The monoisotopic (exact) mass is 301 g/mol. The number of carboxylic acids is 1. The van der Waals surface area contributed by atoms with Crippen molar-refractivity contribution in [3.05, 3.63) is 30.6 Å². The molecule has 0 aliphatic carbocycles. The van der Waals surface area contributed by atoms with Crippen LogP contribution in [-0.4, -0.2) is 46.6 Å². The van der Waals surface area contributed by atoms with Gasteiger partial charge in [-0.2, -0.15) is 0 Å². The van der Waals surface area contributed by atoms with Gasteiger partial charge >= 0.3 is 11.9 Å². The fourth-order valence-corrected chi connectivity index (χ4v) is 0.729. The Morgan fingerprint density at radius 2 is 1.52 bits per heavy atom. The lowest BCUT2D eigenvalue weighted by Gasteiger charge is -1.89. The highest BCUT2D eigenvalue weighted by molar-refractivity contribution is 5.93. The van der Waals surface area contributed by atoms with Crippen LogP contribution in [0.4, 0.5) is 0 Å². The van der Waals surface area contributed by atoms with E-state index in [1.54, 1.807) is 19.3 Å². The van der Waals surface area contributed by atoms with Gasteiger partial charge in [-0.25, -0.2) is 0 Å². The quantitative estimate of drug-likeness (QED) is 0.639. The summed E-state index contributed by atoms with van der Waals surface area (Å²) in [5.74, 6) is -1.59. The number of rotatable bonds is 3. The number of nitrogens with zero attached hydrogens (tertiary/aromatic N) is 1. The second kappa shape index (κ2) is 20.0. The molecule has 21 heavy (non-hydrogen) atoms. The summed E-state index contributed by atoms with van der Waals surface area (Å²) >= 11 is 0. The van der Waals surface area contributed by atoms with Crippen molar-refractivity contribution < 1.29 is 29.3 Å². The molecule has 0 aromatic carbocycles. The molecule has 0 atom stereocenters. The number of esters is 1. The van der Waals surface area contributed by atoms with Crippen LogP contribution >= 0.6 is 0 Å². The van der Waals surface area contributed by atoms with E-state index in [-0.39, 0.29) is 18.2 Å². The summed E-state index contributed by atoms with van der Waals surface area (Å²) in [6, 6.07) is 5.72. The van der Waals surface area contributed by atoms with Crippen LogP contribution in [0.25, 0.3) is 0 Å². The van der Waals surface area contributed by atoms with Gasteiger partial charge in [-0.15, -0.1) is 0 Å². The number of pyridine rings is 1. The van der Waals surface area contributed by atoms with Gasteiger partial charge in [-0.05, 0) is 26.0 Å². The first-order valence-corrected chi connectivity index (χ1v) is 6.04. The lowest BCUT2D eigenvalue weighted by molar-refractivity contribution is -0.141. The summed E-state index contributed by atoms with van der Waals surface area (Å²) < 4.78 is 4.40. The fraction of sp³-hybridized carbons (Fsp3) is 0.429. The predicted molar refractivity (Wildman–Crippen MR) is 77.6 cm³/mol. The van der Waals surface area contributed by atoms with Crippen LogP contribution in [0.5, 0.6) is 0 Å². The van der Waals surface area contributed by atoms with E-state index in [0.717, 1.165) is 7.11 Å². The number of aliphatic carboxylic acids is 1. The van der Waals surface area contributed by atoms with E-state index in [1.807, 2.05) is 18.2 Å². The Bertz CT molecular complexity index is 328. The van der Waals surface area contributed by atoms with Crippen LogP contribution < -0.4 is 0 Å². The topological polar surface area (TPSA) is 114 Å². The van der Waals surface area contributed by atoms with E-state index in [0.29, 0.717) is 6.61 Å². The first kappa shape index (κ1) is 23.8. The van der Waals surface area contributed by atoms with E-state index >= 15 is 0 Å². The van der Waals surface area contributed by atoms with Crippen LogP contribution in [-0.2, 0) is 19.1 Å². The summed E-state index contributed by atoms with van der Waals surface area (Å²) in [5.41, 5.74) is 0. The molecule has 7 nitrogen and oxygen atoms in total. The molecule has 7 heteroatoms.